The maximum Gasteiger partial charge on any atom is 0.279 e. The maximum atomic E-state index is 13.1. The van der Waals surface area contributed by atoms with Crippen LogP contribution in [0.1, 0.15) is 0 Å². The lowest BCUT2D eigenvalue weighted by atomic mass is 10.1. The Hall–Kier alpha value is -4.46. The lowest BCUT2D eigenvalue weighted by Gasteiger charge is -2.08. The normalized spacial score (nSPS) is 12.4. The van der Waals surface area contributed by atoms with Gasteiger partial charge in [-0.05, 0) is 36.4 Å². The fraction of sp³-hybridized carbons (Fsp3) is 0.0435. The molecule has 0 atom stereocenters. The molecule has 3 heterocycles. The molecular formula is C23H14N4O4. The third kappa shape index (κ3) is 2.84. The van der Waals surface area contributed by atoms with Gasteiger partial charge in [-0.2, -0.15) is 14.8 Å². The molecule has 6 rings (SSSR count). The van der Waals surface area contributed by atoms with Crippen molar-refractivity contribution in [2.45, 2.75) is 0 Å². The van der Waals surface area contributed by atoms with Crippen molar-refractivity contribution >= 4 is 10.8 Å². The molecule has 2 aromatic heterocycles. The van der Waals surface area contributed by atoms with Crippen LogP contribution in [0.2, 0.25) is 0 Å². The van der Waals surface area contributed by atoms with E-state index in [0.717, 1.165) is 5.56 Å². The summed E-state index contributed by atoms with van der Waals surface area (Å²) >= 11 is 0. The van der Waals surface area contributed by atoms with Crippen molar-refractivity contribution in [1.82, 2.24) is 19.9 Å². The van der Waals surface area contributed by atoms with Crippen molar-refractivity contribution in [2.24, 2.45) is 0 Å². The first-order chi connectivity index (χ1) is 15.3. The van der Waals surface area contributed by atoms with Crippen LogP contribution in [0.15, 0.2) is 82.1 Å². The van der Waals surface area contributed by atoms with Crippen molar-refractivity contribution in [3.05, 3.63) is 83.2 Å². The van der Waals surface area contributed by atoms with Crippen LogP contribution in [-0.2, 0) is 0 Å². The highest BCUT2D eigenvalue weighted by molar-refractivity contribution is 5.92. The molecule has 0 spiro atoms. The Labute approximate surface area is 175 Å². The maximum absolute atomic E-state index is 13.1. The van der Waals surface area contributed by atoms with Gasteiger partial charge in [-0.15, -0.1) is 0 Å². The molecule has 8 nitrogen and oxygen atoms in total. The van der Waals surface area contributed by atoms with Crippen molar-refractivity contribution in [1.29, 1.82) is 0 Å². The molecule has 0 saturated carbocycles. The van der Waals surface area contributed by atoms with Gasteiger partial charge in [0, 0.05) is 10.9 Å². The Morgan fingerprint density at radius 2 is 1.61 bits per heavy atom. The first-order valence-corrected chi connectivity index (χ1v) is 9.59. The van der Waals surface area contributed by atoms with Gasteiger partial charge in [-0.25, -0.2) is 0 Å². The highest BCUT2D eigenvalue weighted by Crippen LogP contribution is 2.35. The second-order valence-electron chi connectivity index (χ2n) is 6.94. The van der Waals surface area contributed by atoms with Crippen LogP contribution >= 0.6 is 0 Å². The number of nitrogens with zero attached hydrogens (tertiary/aromatic N) is 4. The molecule has 0 fully saturated rings. The fourth-order valence-corrected chi connectivity index (χ4v) is 3.56. The molecule has 5 aromatic rings. The summed E-state index contributed by atoms with van der Waals surface area (Å²) in [6, 6.07) is 21.9. The molecule has 1 aliphatic heterocycles. The van der Waals surface area contributed by atoms with Crippen LogP contribution in [0.4, 0.5) is 0 Å². The zero-order valence-corrected chi connectivity index (χ0v) is 16.1. The molecule has 8 heteroatoms. The lowest BCUT2D eigenvalue weighted by molar-refractivity contribution is 0.174. The SMILES string of the molecule is O=c1c2ccccc2c(-c2nc(-c3ccc4c(c3)OCO4)no2)nn1-c1ccccc1. The minimum absolute atomic E-state index is 0.188. The van der Waals surface area contributed by atoms with Crippen LogP contribution in [0, 0.1) is 0 Å². The van der Waals surface area contributed by atoms with Gasteiger partial charge >= 0.3 is 0 Å². The summed E-state index contributed by atoms with van der Waals surface area (Å²) in [5, 5.41) is 9.83. The molecule has 0 aliphatic carbocycles. The van der Waals surface area contributed by atoms with Gasteiger partial charge in [0.1, 0.15) is 0 Å². The number of benzene rings is 3. The van der Waals surface area contributed by atoms with Crippen molar-refractivity contribution < 1.29 is 14.0 Å². The Morgan fingerprint density at radius 1 is 0.839 bits per heavy atom. The number of hydrogen-bond acceptors (Lipinski definition) is 7. The Balaban J connectivity index is 1.52. The van der Waals surface area contributed by atoms with Crippen LogP contribution < -0.4 is 15.0 Å². The third-order valence-electron chi connectivity index (χ3n) is 5.07. The molecule has 0 saturated heterocycles. The van der Waals surface area contributed by atoms with E-state index in [9.17, 15) is 4.79 Å². The standard InChI is InChI=1S/C23H14N4O4/c28-23-17-9-5-4-8-16(17)20(25-27(23)15-6-2-1-3-7-15)22-24-21(26-31-22)14-10-11-18-19(12-14)30-13-29-18/h1-12H,13H2. The Morgan fingerprint density at radius 3 is 2.48 bits per heavy atom. The van der Waals surface area contributed by atoms with Crippen molar-refractivity contribution in [3.8, 4) is 40.2 Å². The van der Waals surface area contributed by atoms with E-state index in [1.165, 1.54) is 4.68 Å². The molecule has 3 aromatic carbocycles. The van der Waals surface area contributed by atoms with Gasteiger partial charge in [0.2, 0.25) is 12.6 Å². The highest BCUT2D eigenvalue weighted by atomic mass is 16.7. The monoisotopic (exact) mass is 410 g/mol. The minimum atomic E-state index is -0.221. The average Bonchev–Trinajstić information content (AvgIpc) is 3.49. The molecule has 31 heavy (non-hydrogen) atoms. The van der Waals surface area contributed by atoms with Crippen LogP contribution in [0.25, 0.3) is 39.4 Å². The van der Waals surface area contributed by atoms with Crippen LogP contribution in [-0.4, -0.2) is 26.7 Å². The van der Waals surface area contributed by atoms with E-state index in [4.69, 9.17) is 14.0 Å². The van der Waals surface area contributed by atoms with Gasteiger partial charge < -0.3 is 14.0 Å². The Kier molecular flexibility index (Phi) is 3.82. The van der Waals surface area contributed by atoms with Gasteiger partial charge in [0.05, 0.1) is 11.1 Å². The Bertz CT molecular complexity index is 1490. The average molecular weight is 410 g/mol. The van der Waals surface area contributed by atoms with E-state index >= 15 is 0 Å². The zero-order chi connectivity index (χ0) is 20.8. The third-order valence-corrected chi connectivity index (χ3v) is 5.07. The lowest BCUT2D eigenvalue weighted by Crippen LogP contribution is -2.22. The van der Waals surface area contributed by atoms with Gasteiger partial charge in [0.25, 0.3) is 11.4 Å². The minimum Gasteiger partial charge on any atom is -0.454 e. The van der Waals surface area contributed by atoms with E-state index in [1.54, 1.807) is 18.2 Å². The molecular weight excluding hydrogens is 396 g/mol. The highest BCUT2D eigenvalue weighted by Gasteiger charge is 2.20. The van der Waals surface area contributed by atoms with Gasteiger partial charge in [-0.1, -0.05) is 41.6 Å². The fourth-order valence-electron chi connectivity index (χ4n) is 3.56. The molecule has 1 aliphatic rings. The number of rotatable bonds is 3. The zero-order valence-electron chi connectivity index (χ0n) is 16.1. The van der Waals surface area contributed by atoms with E-state index in [-0.39, 0.29) is 18.2 Å². The first kappa shape index (κ1) is 17.4. The van der Waals surface area contributed by atoms with Crippen molar-refractivity contribution in [2.75, 3.05) is 6.79 Å². The van der Waals surface area contributed by atoms with E-state index < -0.39 is 0 Å². The second kappa shape index (κ2) is 6.81. The quantitative estimate of drug-likeness (QED) is 0.446. The largest absolute Gasteiger partial charge is 0.454 e. The molecule has 150 valence electrons. The number of ether oxygens (including phenoxy) is 2. The number of para-hydroxylation sites is 1. The molecule has 0 bridgehead atoms. The summed E-state index contributed by atoms with van der Waals surface area (Å²) in [7, 11) is 0. The van der Waals surface area contributed by atoms with E-state index in [1.807, 2.05) is 54.6 Å². The predicted octanol–water partition coefficient (Wildman–Crippen LogP) is 3.83. The summed E-state index contributed by atoms with van der Waals surface area (Å²) in [4.78, 5) is 17.6. The molecule has 0 amide bonds. The van der Waals surface area contributed by atoms with E-state index in [0.29, 0.717) is 39.5 Å². The summed E-state index contributed by atoms with van der Waals surface area (Å²) in [5.41, 5.74) is 1.58. The topological polar surface area (TPSA) is 92.3 Å². The van der Waals surface area contributed by atoms with Crippen molar-refractivity contribution in [3.63, 3.8) is 0 Å². The number of fused-ring (bicyclic) bond motifs is 2. The summed E-state index contributed by atoms with van der Waals surface area (Å²) in [5.74, 6) is 1.91. The summed E-state index contributed by atoms with van der Waals surface area (Å²) < 4.78 is 17.7. The number of hydrogen-bond donors (Lipinski definition) is 0. The number of aromatic nitrogens is 4. The molecule has 0 unspecified atom stereocenters. The summed E-state index contributed by atoms with van der Waals surface area (Å²) in [6.07, 6.45) is 0. The summed E-state index contributed by atoms with van der Waals surface area (Å²) in [6.45, 7) is 0.188. The van der Waals surface area contributed by atoms with Crippen LogP contribution in [0.3, 0.4) is 0 Å². The van der Waals surface area contributed by atoms with Crippen LogP contribution in [0.5, 0.6) is 11.5 Å². The predicted molar refractivity (Wildman–Crippen MR) is 112 cm³/mol. The van der Waals surface area contributed by atoms with Gasteiger partial charge in [0.15, 0.2) is 17.2 Å². The first-order valence-electron chi connectivity index (χ1n) is 9.59. The molecule has 0 radical (unpaired) electrons. The second-order valence-corrected chi connectivity index (χ2v) is 6.94. The molecule has 0 N–H and O–H groups in total. The van der Waals surface area contributed by atoms with E-state index in [2.05, 4.69) is 15.2 Å². The van der Waals surface area contributed by atoms with Gasteiger partial charge in [-0.3, -0.25) is 4.79 Å². The smallest absolute Gasteiger partial charge is 0.279 e.